The van der Waals surface area contributed by atoms with Crippen molar-refractivity contribution in [3.63, 3.8) is 0 Å². The normalized spacial score (nSPS) is 10.8. The van der Waals surface area contributed by atoms with Crippen LogP contribution in [0.1, 0.15) is 22.5 Å². The Morgan fingerprint density at radius 1 is 1.00 bits per heavy atom. The Morgan fingerprint density at radius 2 is 1.73 bits per heavy atom. The molecule has 3 rings (SSSR count). The third-order valence-electron chi connectivity index (χ3n) is 4.67. The molecular formula is C23H24N4O3. The van der Waals surface area contributed by atoms with Gasteiger partial charge in [0.15, 0.2) is 0 Å². The number of rotatable bonds is 5. The monoisotopic (exact) mass is 404 g/mol. The highest BCUT2D eigenvalue weighted by Gasteiger charge is 2.14. The van der Waals surface area contributed by atoms with E-state index in [0.29, 0.717) is 11.4 Å². The number of nitrogens with zero attached hydrogens (tertiary/aromatic N) is 2. The molecule has 0 unspecified atom stereocenters. The highest BCUT2D eigenvalue weighted by molar-refractivity contribution is 6.39. The van der Waals surface area contributed by atoms with Crippen LogP contribution in [0.3, 0.4) is 0 Å². The van der Waals surface area contributed by atoms with Crippen molar-refractivity contribution in [3.8, 4) is 11.4 Å². The zero-order valence-corrected chi connectivity index (χ0v) is 17.4. The van der Waals surface area contributed by atoms with Crippen molar-refractivity contribution in [2.45, 2.75) is 20.8 Å². The molecule has 2 N–H and O–H groups in total. The number of ether oxygens (including phenoxy) is 1. The number of carbonyl (C=O) groups is 2. The maximum Gasteiger partial charge on any atom is 0.329 e. The van der Waals surface area contributed by atoms with Crippen LogP contribution in [-0.2, 0) is 9.59 Å². The van der Waals surface area contributed by atoms with Crippen LogP contribution in [0.25, 0.3) is 5.69 Å². The summed E-state index contributed by atoms with van der Waals surface area (Å²) in [7, 11) is 1.53. The molecule has 0 bridgehead atoms. The van der Waals surface area contributed by atoms with Crippen LogP contribution in [-0.4, -0.2) is 29.7 Å². The molecule has 7 heteroatoms. The Hall–Kier alpha value is -3.87. The Morgan fingerprint density at radius 3 is 2.43 bits per heavy atom. The van der Waals surface area contributed by atoms with Gasteiger partial charge in [-0.3, -0.25) is 9.59 Å². The molecule has 0 aliphatic carbocycles. The minimum atomic E-state index is -0.860. The molecule has 1 aromatic heterocycles. The number of carbonyl (C=O) groups excluding carboxylic acids is 2. The van der Waals surface area contributed by atoms with Gasteiger partial charge in [-0.15, -0.1) is 0 Å². The predicted molar refractivity (Wildman–Crippen MR) is 117 cm³/mol. The van der Waals surface area contributed by atoms with Crippen LogP contribution in [0, 0.1) is 20.8 Å². The highest BCUT2D eigenvalue weighted by atomic mass is 16.5. The molecule has 30 heavy (non-hydrogen) atoms. The molecule has 3 aromatic rings. The molecule has 0 aliphatic heterocycles. The first-order valence-corrected chi connectivity index (χ1v) is 9.43. The van der Waals surface area contributed by atoms with Gasteiger partial charge in [-0.25, -0.2) is 5.43 Å². The number of benzene rings is 2. The van der Waals surface area contributed by atoms with Crippen LogP contribution in [0.2, 0.25) is 0 Å². The maximum absolute atomic E-state index is 12.1. The van der Waals surface area contributed by atoms with Crippen LogP contribution >= 0.6 is 0 Å². The van der Waals surface area contributed by atoms with Crippen LogP contribution in [0.15, 0.2) is 59.7 Å². The van der Waals surface area contributed by atoms with E-state index < -0.39 is 11.8 Å². The van der Waals surface area contributed by atoms with E-state index in [1.54, 1.807) is 24.3 Å². The number of methoxy groups -OCH3 is 1. The number of aromatic nitrogens is 1. The van der Waals surface area contributed by atoms with E-state index in [-0.39, 0.29) is 0 Å². The summed E-state index contributed by atoms with van der Waals surface area (Å²) in [6.07, 6.45) is 1.53. The van der Waals surface area contributed by atoms with E-state index in [2.05, 4.69) is 44.7 Å². The first-order valence-electron chi connectivity index (χ1n) is 9.43. The van der Waals surface area contributed by atoms with Crippen molar-refractivity contribution < 1.29 is 14.3 Å². The molecule has 0 fully saturated rings. The summed E-state index contributed by atoms with van der Waals surface area (Å²) < 4.78 is 7.20. The number of amides is 2. The number of hydrazone groups is 1. The van der Waals surface area contributed by atoms with Crippen LogP contribution in [0.4, 0.5) is 5.69 Å². The number of nitrogens with one attached hydrogen (secondary N) is 2. The summed E-state index contributed by atoms with van der Waals surface area (Å²) in [5.74, 6) is -1.10. The topological polar surface area (TPSA) is 84.7 Å². The molecule has 0 saturated heterocycles. The minimum Gasteiger partial charge on any atom is -0.497 e. The zero-order valence-electron chi connectivity index (χ0n) is 17.4. The van der Waals surface area contributed by atoms with E-state index in [4.69, 9.17) is 4.74 Å². The number of aryl methyl sites for hydroxylation is 2. The van der Waals surface area contributed by atoms with E-state index in [9.17, 15) is 9.59 Å². The lowest BCUT2D eigenvalue weighted by Crippen LogP contribution is -2.32. The summed E-state index contributed by atoms with van der Waals surface area (Å²) in [6, 6.07) is 16.9. The number of anilines is 1. The molecule has 0 aliphatic rings. The fourth-order valence-corrected chi connectivity index (χ4v) is 3.11. The molecule has 2 aromatic carbocycles. The van der Waals surface area contributed by atoms with E-state index >= 15 is 0 Å². The molecule has 7 nitrogen and oxygen atoms in total. The fraction of sp³-hybridized carbons (Fsp3) is 0.174. The summed E-state index contributed by atoms with van der Waals surface area (Å²) in [4.78, 5) is 24.1. The molecule has 1 heterocycles. The van der Waals surface area contributed by atoms with Crippen molar-refractivity contribution in [2.24, 2.45) is 5.10 Å². The second kappa shape index (κ2) is 9.09. The van der Waals surface area contributed by atoms with Crippen molar-refractivity contribution in [2.75, 3.05) is 12.4 Å². The third kappa shape index (κ3) is 4.75. The lowest BCUT2D eigenvalue weighted by molar-refractivity contribution is -0.136. The van der Waals surface area contributed by atoms with Crippen molar-refractivity contribution >= 4 is 23.7 Å². The first-order chi connectivity index (χ1) is 14.4. The molecule has 0 radical (unpaired) electrons. The van der Waals surface area contributed by atoms with Crippen molar-refractivity contribution in [1.29, 1.82) is 0 Å². The second-order valence-corrected chi connectivity index (χ2v) is 6.88. The van der Waals surface area contributed by atoms with Gasteiger partial charge >= 0.3 is 11.8 Å². The predicted octanol–water partition coefficient (Wildman–Crippen LogP) is 3.50. The van der Waals surface area contributed by atoms with Gasteiger partial charge in [0.1, 0.15) is 5.75 Å². The summed E-state index contributed by atoms with van der Waals surface area (Å²) in [6.45, 7) is 6.03. The average molecular weight is 404 g/mol. The molecule has 0 atom stereocenters. The average Bonchev–Trinajstić information content (AvgIpc) is 3.02. The molecule has 0 spiro atoms. The third-order valence-corrected chi connectivity index (χ3v) is 4.67. The fourth-order valence-electron chi connectivity index (χ4n) is 3.11. The van der Waals surface area contributed by atoms with Crippen LogP contribution in [0.5, 0.6) is 5.75 Å². The Bertz CT molecular complexity index is 1100. The smallest absolute Gasteiger partial charge is 0.329 e. The molecule has 0 saturated carbocycles. The first kappa shape index (κ1) is 20.9. The van der Waals surface area contributed by atoms with Gasteiger partial charge in [0.2, 0.25) is 0 Å². The van der Waals surface area contributed by atoms with Gasteiger partial charge in [-0.05, 0) is 51.1 Å². The minimum absolute atomic E-state index is 0.458. The van der Waals surface area contributed by atoms with Crippen molar-refractivity contribution in [1.82, 2.24) is 9.99 Å². The Labute approximate surface area is 175 Å². The number of hydrogen-bond acceptors (Lipinski definition) is 4. The SMILES string of the molecule is COc1cccc(NC(=O)C(=O)N/N=C\c2cc(C)n(-c3ccc(C)cc3)c2C)c1. The van der Waals surface area contributed by atoms with Gasteiger partial charge in [0.05, 0.1) is 13.3 Å². The van der Waals surface area contributed by atoms with Gasteiger partial charge in [-0.1, -0.05) is 23.8 Å². The van der Waals surface area contributed by atoms with E-state index in [1.165, 1.54) is 18.9 Å². The second-order valence-electron chi connectivity index (χ2n) is 6.88. The summed E-state index contributed by atoms with van der Waals surface area (Å²) in [5.41, 5.74) is 7.84. The Kier molecular flexibility index (Phi) is 6.32. The van der Waals surface area contributed by atoms with Crippen LogP contribution < -0.4 is 15.5 Å². The van der Waals surface area contributed by atoms with E-state index in [0.717, 1.165) is 22.6 Å². The molecule has 154 valence electrons. The lowest BCUT2D eigenvalue weighted by atomic mass is 10.2. The highest BCUT2D eigenvalue weighted by Crippen LogP contribution is 2.20. The van der Waals surface area contributed by atoms with Crippen molar-refractivity contribution in [3.05, 3.63) is 77.1 Å². The standard InChI is InChI=1S/C23H24N4O3/c1-15-8-10-20(11-9-15)27-16(2)12-18(17(27)3)14-24-26-23(29)22(28)25-19-6-5-7-21(13-19)30-4/h5-14H,1-4H3,(H,25,28)(H,26,29)/b24-14-. The summed E-state index contributed by atoms with van der Waals surface area (Å²) >= 11 is 0. The van der Waals surface area contributed by atoms with E-state index in [1.807, 2.05) is 26.8 Å². The lowest BCUT2D eigenvalue weighted by Gasteiger charge is -2.09. The quantitative estimate of drug-likeness (QED) is 0.388. The largest absolute Gasteiger partial charge is 0.497 e. The molecule has 2 amide bonds. The Balaban J connectivity index is 1.66. The summed E-state index contributed by atoms with van der Waals surface area (Å²) in [5, 5.41) is 6.44. The number of hydrogen-bond donors (Lipinski definition) is 2. The molecular weight excluding hydrogens is 380 g/mol. The maximum atomic E-state index is 12.1. The van der Waals surface area contributed by atoms with Gasteiger partial charge in [-0.2, -0.15) is 5.10 Å². The van der Waals surface area contributed by atoms with Gasteiger partial charge < -0.3 is 14.6 Å². The van der Waals surface area contributed by atoms with Gasteiger partial charge in [0, 0.05) is 34.4 Å². The van der Waals surface area contributed by atoms with Gasteiger partial charge in [0.25, 0.3) is 0 Å². The zero-order chi connectivity index (χ0) is 21.7.